The second kappa shape index (κ2) is 7.08. The zero-order valence-corrected chi connectivity index (χ0v) is 14.9. The van der Waals surface area contributed by atoms with Gasteiger partial charge in [-0.2, -0.15) is 0 Å². The Kier molecular flexibility index (Phi) is 4.67. The number of hydrogen-bond acceptors (Lipinski definition) is 2. The summed E-state index contributed by atoms with van der Waals surface area (Å²) in [6, 6.07) is 12.8. The molecule has 1 aromatic carbocycles. The molecule has 2 aromatic rings. The van der Waals surface area contributed by atoms with E-state index in [1.54, 1.807) is 16.2 Å². The molecule has 4 rings (SSSR count). The van der Waals surface area contributed by atoms with Crippen molar-refractivity contribution < 1.29 is 9.69 Å². The third kappa shape index (κ3) is 3.40. The van der Waals surface area contributed by atoms with Gasteiger partial charge < -0.3 is 9.80 Å². The average molecular weight is 342 g/mol. The number of benzene rings is 1. The fourth-order valence-electron chi connectivity index (χ4n) is 3.84. The van der Waals surface area contributed by atoms with Crippen LogP contribution in [0.15, 0.2) is 36.4 Å². The highest BCUT2D eigenvalue weighted by Gasteiger charge is 2.26. The summed E-state index contributed by atoms with van der Waals surface area (Å²) in [6.07, 6.45) is 4.89. The molecule has 1 aliphatic heterocycles. The van der Waals surface area contributed by atoms with Crippen molar-refractivity contribution in [2.24, 2.45) is 0 Å². The summed E-state index contributed by atoms with van der Waals surface area (Å²) in [5.41, 5.74) is 2.82. The number of carbonyl (C=O) groups is 1. The molecule has 3 nitrogen and oxygen atoms in total. The zero-order valence-electron chi connectivity index (χ0n) is 14.1. The molecule has 1 fully saturated rings. The van der Waals surface area contributed by atoms with Crippen LogP contribution >= 0.6 is 11.3 Å². The summed E-state index contributed by atoms with van der Waals surface area (Å²) in [5.74, 6) is 0.258. The van der Waals surface area contributed by atoms with E-state index >= 15 is 0 Å². The van der Waals surface area contributed by atoms with Crippen molar-refractivity contribution in [1.82, 2.24) is 4.90 Å². The first-order valence-electron chi connectivity index (χ1n) is 9.08. The van der Waals surface area contributed by atoms with Gasteiger partial charge in [0.25, 0.3) is 5.91 Å². The number of amides is 1. The van der Waals surface area contributed by atoms with E-state index in [9.17, 15) is 4.79 Å². The van der Waals surface area contributed by atoms with Crippen molar-refractivity contribution in [1.29, 1.82) is 0 Å². The van der Waals surface area contributed by atoms with Crippen molar-refractivity contribution >= 4 is 17.2 Å². The van der Waals surface area contributed by atoms with Gasteiger partial charge in [-0.25, -0.2) is 0 Å². The molecule has 0 radical (unpaired) electrons. The summed E-state index contributed by atoms with van der Waals surface area (Å²) < 4.78 is 0. The Balaban J connectivity index is 1.35. The maximum absolute atomic E-state index is 12.8. The van der Waals surface area contributed by atoms with Gasteiger partial charge in [0.05, 0.1) is 31.1 Å². The highest BCUT2D eigenvalue weighted by atomic mass is 32.1. The Labute approximate surface area is 147 Å². The summed E-state index contributed by atoms with van der Waals surface area (Å²) in [7, 11) is 0. The lowest BCUT2D eigenvalue weighted by Gasteiger charge is -2.32. The maximum atomic E-state index is 12.8. The minimum Gasteiger partial charge on any atom is -0.328 e. The number of nitrogens with zero attached hydrogens (tertiary/aromatic N) is 1. The van der Waals surface area contributed by atoms with Crippen LogP contribution in [0.2, 0.25) is 0 Å². The van der Waals surface area contributed by atoms with Crippen LogP contribution < -0.4 is 4.90 Å². The van der Waals surface area contributed by atoms with Crippen LogP contribution in [0.5, 0.6) is 0 Å². The highest BCUT2D eigenvalue weighted by molar-refractivity contribution is 7.14. The molecule has 0 bridgehead atoms. The Morgan fingerprint density at radius 3 is 2.58 bits per heavy atom. The number of hydrogen-bond donors (Lipinski definition) is 1. The first-order chi connectivity index (χ1) is 11.8. The molecule has 4 heteroatoms. The van der Waals surface area contributed by atoms with Gasteiger partial charge in [-0.05, 0) is 37.3 Å². The number of quaternary nitrogens is 1. The van der Waals surface area contributed by atoms with Crippen molar-refractivity contribution in [3.63, 3.8) is 0 Å². The molecule has 0 unspecified atom stereocenters. The van der Waals surface area contributed by atoms with Crippen molar-refractivity contribution in [2.45, 2.75) is 32.2 Å². The molecule has 0 spiro atoms. The first kappa shape index (κ1) is 15.9. The predicted octanol–water partition coefficient (Wildman–Crippen LogP) is 2.17. The SMILES string of the molecule is O=C(c1cc2c(s1)CCCC2)N1CC[NH+](Cc2ccccc2)CC1. The number of piperazine rings is 1. The summed E-state index contributed by atoms with van der Waals surface area (Å²) in [4.78, 5) is 18.9. The van der Waals surface area contributed by atoms with E-state index in [1.807, 2.05) is 0 Å². The zero-order chi connectivity index (χ0) is 16.4. The molecular weight excluding hydrogens is 316 g/mol. The van der Waals surface area contributed by atoms with Crippen molar-refractivity contribution in [3.05, 3.63) is 57.3 Å². The topological polar surface area (TPSA) is 24.8 Å². The largest absolute Gasteiger partial charge is 0.328 e. The number of aryl methyl sites for hydroxylation is 2. The fraction of sp³-hybridized carbons (Fsp3) is 0.450. The van der Waals surface area contributed by atoms with Crippen molar-refractivity contribution in [2.75, 3.05) is 26.2 Å². The van der Waals surface area contributed by atoms with Gasteiger partial charge in [-0.15, -0.1) is 11.3 Å². The van der Waals surface area contributed by atoms with Crippen LogP contribution in [0.25, 0.3) is 0 Å². The smallest absolute Gasteiger partial charge is 0.264 e. The average Bonchev–Trinajstić information content (AvgIpc) is 3.07. The summed E-state index contributed by atoms with van der Waals surface area (Å²) >= 11 is 1.74. The van der Waals surface area contributed by atoms with Crippen LogP contribution in [0.4, 0.5) is 0 Å². The molecule has 1 saturated heterocycles. The van der Waals surface area contributed by atoms with Crippen LogP contribution in [0.3, 0.4) is 0 Å². The Morgan fingerprint density at radius 1 is 1.08 bits per heavy atom. The lowest BCUT2D eigenvalue weighted by Crippen LogP contribution is -3.13. The van der Waals surface area contributed by atoms with Gasteiger partial charge in [-0.3, -0.25) is 4.79 Å². The minimum absolute atomic E-state index is 0.258. The molecule has 1 amide bonds. The van der Waals surface area contributed by atoms with Gasteiger partial charge in [0.2, 0.25) is 0 Å². The van der Waals surface area contributed by atoms with Gasteiger partial charge >= 0.3 is 0 Å². The molecule has 24 heavy (non-hydrogen) atoms. The molecular formula is C20H25N2OS+. The number of thiophene rings is 1. The van der Waals surface area contributed by atoms with Gasteiger partial charge in [-0.1, -0.05) is 30.3 Å². The Hall–Kier alpha value is -1.65. The minimum atomic E-state index is 0.258. The van der Waals surface area contributed by atoms with Crippen molar-refractivity contribution in [3.8, 4) is 0 Å². The van der Waals surface area contributed by atoms with E-state index in [-0.39, 0.29) is 5.91 Å². The Morgan fingerprint density at radius 2 is 1.83 bits per heavy atom. The number of fused-ring (bicyclic) bond motifs is 1. The lowest BCUT2D eigenvalue weighted by molar-refractivity contribution is -0.917. The summed E-state index contributed by atoms with van der Waals surface area (Å²) in [6.45, 7) is 4.92. The van der Waals surface area contributed by atoms with Gasteiger partial charge in [0.15, 0.2) is 0 Å². The normalized spacial score (nSPS) is 18.4. The monoisotopic (exact) mass is 341 g/mol. The lowest BCUT2D eigenvalue weighted by atomic mass is 9.99. The molecule has 1 N–H and O–H groups in total. The molecule has 2 aliphatic rings. The standard InChI is InChI=1S/C20H24N2OS/c23-20(19-14-17-8-4-5-9-18(17)24-19)22-12-10-21(11-13-22)15-16-6-2-1-3-7-16/h1-3,6-7,14H,4-5,8-13,15H2/p+1. The number of nitrogens with one attached hydrogen (secondary N) is 1. The molecule has 0 atom stereocenters. The van der Waals surface area contributed by atoms with Crippen LogP contribution in [-0.4, -0.2) is 37.0 Å². The van der Waals surface area contributed by atoms with E-state index in [0.29, 0.717) is 0 Å². The molecule has 0 saturated carbocycles. The Bertz CT molecular complexity index is 678. The van der Waals surface area contributed by atoms with Gasteiger partial charge in [0, 0.05) is 10.4 Å². The maximum Gasteiger partial charge on any atom is 0.264 e. The molecule has 126 valence electrons. The highest BCUT2D eigenvalue weighted by Crippen LogP contribution is 2.30. The van der Waals surface area contributed by atoms with E-state index in [4.69, 9.17) is 0 Å². The number of carbonyl (C=O) groups excluding carboxylic acids is 1. The summed E-state index contributed by atoms with van der Waals surface area (Å²) in [5, 5.41) is 0. The first-order valence-corrected chi connectivity index (χ1v) is 9.89. The van der Waals surface area contributed by atoms with Crippen LogP contribution in [0.1, 0.15) is 38.5 Å². The quantitative estimate of drug-likeness (QED) is 0.909. The predicted molar refractivity (Wildman–Crippen MR) is 97.7 cm³/mol. The van der Waals surface area contributed by atoms with E-state index < -0.39 is 0 Å². The number of rotatable bonds is 3. The van der Waals surface area contributed by atoms with E-state index in [0.717, 1.165) is 44.0 Å². The molecule has 1 aromatic heterocycles. The van der Waals surface area contributed by atoms with Crippen LogP contribution in [0, 0.1) is 0 Å². The van der Waals surface area contributed by atoms with E-state index in [1.165, 1.54) is 35.3 Å². The molecule has 2 heterocycles. The third-order valence-corrected chi connectivity index (χ3v) is 6.49. The van der Waals surface area contributed by atoms with Crippen LogP contribution in [-0.2, 0) is 19.4 Å². The fourth-order valence-corrected chi connectivity index (χ4v) is 5.06. The second-order valence-electron chi connectivity index (χ2n) is 6.97. The molecule has 1 aliphatic carbocycles. The second-order valence-corrected chi connectivity index (χ2v) is 8.11. The van der Waals surface area contributed by atoms with E-state index in [2.05, 4.69) is 41.3 Å². The van der Waals surface area contributed by atoms with Gasteiger partial charge in [0.1, 0.15) is 6.54 Å². The third-order valence-electron chi connectivity index (χ3n) is 5.26.